The van der Waals surface area contributed by atoms with E-state index < -0.39 is 0 Å². The zero-order chi connectivity index (χ0) is 14.0. The molecule has 0 N–H and O–H groups in total. The molecule has 0 saturated carbocycles. The van der Waals surface area contributed by atoms with Crippen molar-refractivity contribution in [2.45, 2.75) is 26.8 Å². The van der Waals surface area contributed by atoms with Gasteiger partial charge in [-0.1, -0.05) is 0 Å². The van der Waals surface area contributed by atoms with E-state index in [0.29, 0.717) is 24.2 Å². The standard InChI is InChI=1S/C13H15N3O2S/c1-8-9(2)19-12-11(8)13(17)16(6-5-14)10(15-12)4-7-18-3/h4,6-7H2,1-3H3. The summed E-state index contributed by atoms with van der Waals surface area (Å²) in [5, 5.41) is 9.51. The van der Waals surface area contributed by atoms with Crippen LogP contribution in [-0.4, -0.2) is 23.3 Å². The molecule has 5 nitrogen and oxygen atoms in total. The first-order valence-corrected chi connectivity index (χ1v) is 6.77. The maximum Gasteiger partial charge on any atom is 0.263 e. The van der Waals surface area contributed by atoms with Crippen molar-refractivity contribution in [3.05, 3.63) is 26.6 Å². The summed E-state index contributed by atoms with van der Waals surface area (Å²) < 4.78 is 6.47. The lowest BCUT2D eigenvalue weighted by Crippen LogP contribution is -2.25. The van der Waals surface area contributed by atoms with Crippen molar-refractivity contribution in [2.24, 2.45) is 0 Å². The van der Waals surface area contributed by atoms with E-state index in [9.17, 15) is 4.79 Å². The Bertz CT molecular complexity index is 709. The zero-order valence-corrected chi connectivity index (χ0v) is 12.0. The molecular formula is C13H15N3O2S. The monoisotopic (exact) mass is 277 g/mol. The highest BCUT2D eigenvalue weighted by molar-refractivity contribution is 7.18. The molecule has 0 saturated heterocycles. The molecule has 2 rings (SSSR count). The van der Waals surface area contributed by atoms with Crippen LogP contribution in [-0.2, 0) is 17.7 Å². The quantitative estimate of drug-likeness (QED) is 0.854. The third-order valence-corrected chi connectivity index (χ3v) is 4.23. The predicted molar refractivity (Wildman–Crippen MR) is 74.5 cm³/mol. The summed E-state index contributed by atoms with van der Waals surface area (Å²) in [5.74, 6) is 0.613. The fraction of sp³-hybridized carbons (Fsp3) is 0.462. The Labute approximate surface area is 115 Å². The van der Waals surface area contributed by atoms with E-state index in [-0.39, 0.29) is 12.1 Å². The minimum Gasteiger partial charge on any atom is -0.384 e. The Hall–Kier alpha value is -1.71. The number of hydrogen-bond acceptors (Lipinski definition) is 5. The van der Waals surface area contributed by atoms with Gasteiger partial charge in [0.05, 0.1) is 18.1 Å². The molecular weight excluding hydrogens is 262 g/mol. The van der Waals surface area contributed by atoms with Crippen LogP contribution in [0.1, 0.15) is 16.3 Å². The van der Waals surface area contributed by atoms with Crippen LogP contribution in [0, 0.1) is 25.2 Å². The number of nitriles is 1. The van der Waals surface area contributed by atoms with Gasteiger partial charge in [0.2, 0.25) is 0 Å². The van der Waals surface area contributed by atoms with Crippen molar-refractivity contribution in [1.82, 2.24) is 9.55 Å². The van der Waals surface area contributed by atoms with Crippen LogP contribution in [0.3, 0.4) is 0 Å². The largest absolute Gasteiger partial charge is 0.384 e. The number of ether oxygens (including phenoxy) is 1. The number of rotatable bonds is 4. The number of aromatic nitrogens is 2. The highest BCUT2D eigenvalue weighted by Gasteiger charge is 2.15. The van der Waals surface area contributed by atoms with Crippen molar-refractivity contribution in [1.29, 1.82) is 5.26 Å². The van der Waals surface area contributed by atoms with Gasteiger partial charge in [0.25, 0.3) is 5.56 Å². The smallest absolute Gasteiger partial charge is 0.263 e. The highest BCUT2D eigenvalue weighted by atomic mass is 32.1. The minimum absolute atomic E-state index is 0.0230. The second-order valence-corrected chi connectivity index (χ2v) is 5.49. The van der Waals surface area contributed by atoms with Gasteiger partial charge in [-0.3, -0.25) is 9.36 Å². The number of thiophene rings is 1. The molecule has 0 fully saturated rings. The van der Waals surface area contributed by atoms with E-state index >= 15 is 0 Å². The molecule has 0 amide bonds. The minimum atomic E-state index is -0.125. The van der Waals surface area contributed by atoms with Crippen molar-refractivity contribution in [3.8, 4) is 6.07 Å². The van der Waals surface area contributed by atoms with E-state index in [0.717, 1.165) is 15.3 Å². The lowest BCUT2D eigenvalue weighted by atomic mass is 10.2. The molecule has 0 atom stereocenters. The van der Waals surface area contributed by atoms with Crippen LogP contribution in [0.4, 0.5) is 0 Å². The molecule has 0 bridgehead atoms. The Balaban J connectivity index is 2.71. The van der Waals surface area contributed by atoms with Gasteiger partial charge in [0.15, 0.2) is 0 Å². The second kappa shape index (κ2) is 5.51. The van der Waals surface area contributed by atoms with Crippen molar-refractivity contribution in [2.75, 3.05) is 13.7 Å². The van der Waals surface area contributed by atoms with Gasteiger partial charge in [-0.2, -0.15) is 5.26 Å². The number of nitrogens with zero attached hydrogens (tertiary/aromatic N) is 3. The molecule has 0 aliphatic heterocycles. The molecule has 0 aliphatic rings. The van der Waals surface area contributed by atoms with Gasteiger partial charge >= 0.3 is 0 Å². The second-order valence-electron chi connectivity index (χ2n) is 4.28. The molecule has 2 aromatic rings. The van der Waals surface area contributed by atoms with Gasteiger partial charge in [-0.05, 0) is 19.4 Å². The molecule has 2 aromatic heterocycles. The summed E-state index contributed by atoms with van der Waals surface area (Å²) in [6, 6.07) is 2.02. The fourth-order valence-electron chi connectivity index (χ4n) is 1.99. The van der Waals surface area contributed by atoms with E-state index in [1.165, 1.54) is 15.9 Å². The predicted octanol–water partition coefficient (Wildman–Crippen LogP) is 1.79. The summed E-state index contributed by atoms with van der Waals surface area (Å²) in [5.41, 5.74) is 0.835. The topological polar surface area (TPSA) is 67.9 Å². The van der Waals surface area contributed by atoms with E-state index in [1.807, 2.05) is 19.9 Å². The molecule has 6 heteroatoms. The summed E-state index contributed by atoms with van der Waals surface area (Å²) >= 11 is 1.52. The molecule has 19 heavy (non-hydrogen) atoms. The number of hydrogen-bond donors (Lipinski definition) is 0. The average Bonchev–Trinajstić information content (AvgIpc) is 2.66. The summed E-state index contributed by atoms with van der Waals surface area (Å²) in [4.78, 5) is 18.8. The Morgan fingerprint density at radius 2 is 2.21 bits per heavy atom. The molecule has 0 aliphatic carbocycles. The molecule has 0 unspecified atom stereocenters. The van der Waals surface area contributed by atoms with E-state index in [1.54, 1.807) is 7.11 Å². The normalized spacial score (nSPS) is 10.8. The first-order valence-electron chi connectivity index (χ1n) is 5.95. The van der Waals surface area contributed by atoms with Gasteiger partial charge in [-0.25, -0.2) is 4.98 Å². The third kappa shape index (κ3) is 2.39. The first-order chi connectivity index (χ1) is 9.10. The van der Waals surface area contributed by atoms with Crippen LogP contribution in [0.25, 0.3) is 10.2 Å². The van der Waals surface area contributed by atoms with Gasteiger partial charge in [-0.15, -0.1) is 11.3 Å². The van der Waals surface area contributed by atoms with Crippen molar-refractivity contribution < 1.29 is 4.74 Å². The maximum atomic E-state index is 12.5. The molecule has 0 radical (unpaired) electrons. The lowest BCUT2D eigenvalue weighted by Gasteiger charge is -2.08. The maximum absolute atomic E-state index is 12.5. The number of aryl methyl sites for hydroxylation is 2. The lowest BCUT2D eigenvalue weighted by molar-refractivity contribution is 0.199. The van der Waals surface area contributed by atoms with Crippen LogP contribution >= 0.6 is 11.3 Å². The Morgan fingerprint density at radius 1 is 1.47 bits per heavy atom. The Kier molecular flexibility index (Phi) is 3.98. The van der Waals surface area contributed by atoms with Gasteiger partial charge < -0.3 is 4.74 Å². The van der Waals surface area contributed by atoms with Crippen LogP contribution in [0.15, 0.2) is 4.79 Å². The number of methoxy groups -OCH3 is 1. The van der Waals surface area contributed by atoms with E-state index in [2.05, 4.69) is 4.98 Å². The zero-order valence-electron chi connectivity index (χ0n) is 11.2. The third-order valence-electron chi connectivity index (χ3n) is 3.13. The molecule has 0 spiro atoms. The summed E-state index contributed by atoms with van der Waals surface area (Å²) in [7, 11) is 1.60. The first kappa shape index (κ1) is 13.7. The van der Waals surface area contributed by atoms with Gasteiger partial charge in [0, 0.05) is 18.4 Å². The summed E-state index contributed by atoms with van der Waals surface area (Å²) in [6.45, 7) is 4.40. The van der Waals surface area contributed by atoms with Crippen LogP contribution < -0.4 is 5.56 Å². The molecule has 0 aromatic carbocycles. The average molecular weight is 277 g/mol. The van der Waals surface area contributed by atoms with Crippen molar-refractivity contribution >= 4 is 21.6 Å². The Morgan fingerprint density at radius 3 is 2.84 bits per heavy atom. The molecule has 100 valence electrons. The summed E-state index contributed by atoms with van der Waals surface area (Å²) in [6.07, 6.45) is 0.527. The van der Waals surface area contributed by atoms with Crippen LogP contribution in [0.5, 0.6) is 0 Å². The van der Waals surface area contributed by atoms with Crippen molar-refractivity contribution in [3.63, 3.8) is 0 Å². The number of fused-ring (bicyclic) bond motifs is 1. The van der Waals surface area contributed by atoms with Crippen LogP contribution in [0.2, 0.25) is 0 Å². The molecule has 2 heterocycles. The SMILES string of the molecule is COCCc1nc2sc(C)c(C)c2c(=O)n1CC#N. The van der Waals surface area contributed by atoms with E-state index in [4.69, 9.17) is 10.00 Å². The fourth-order valence-corrected chi connectivity index (χ4v) is 3.03. The van der Waals surface area contributed by atoms with Gasteiger partial charge in [0.1, 0.15) is 17.2 Å². The highest BCUT2D eigenvalue weighted by Crippen LogP contribution is 2.26.